The number of aliphatic imine (C=N–C) groups is 2. The molecule has 0 heterocycles. The molecule has 0 fully saturated rings. The molecule has 0 amide bonds. The van der Waals surface area contributed by atoms with Gasteiger partial charge in [0.2, 0.25) is 0 Å². The van der Waals surface area contributed by atoms with E-state index in [-0.39, 0.29) is 0 Å². The van der Waals surface area contributed by atoms with Crippen molar-refractivity contribution in [2.45, 2.75) is 19.8 Å². The lowest BCUT2D eigenvalue weighted by atomic mass is 10.1. The lowest BCUT2D eigenvalue weighted by molar-refractivity contribution is 0.0597. The van der Waals surface area contributed by atoms with Crippen LogP contribution in [-0.4, -0.2) is 39.3 Å². The number of carbonyl (C=O) groups is 1. The highest BCUT2D eigenvalue weighted by Gasteiger charge is 2.14. The monoisotopic (exact) mass is 276 g/mol. The third-order valence-corrected chi connectivity index (χ3v) is 2.71. The summed E-state index contributed by atoms with van der Waals surface area (Å²) in [4.78, 5) is 20.1. The van der Waals surface area contributed by atoms with Crippen LogP contribution in [-0.2, 0) is 4.74 Å². The average Bonchev–Trinajstić information content (AvgIpc) is 2.50. The Morgan fingerprint density at radius 1 is 1.35 bits per heavy atom. The Balaban J connectivity index is 3.11. The summed E-state index contributed by atoms with van der Waals surface area (Å²) in [6, 6.07) is 5.17. The summed E-state index contributed by atoms with van der Waals surface area (Å²) in [7, 11) is 4.53. The van der Waals surface area contributed by atoms with Crippen molar-refractivity contribution >= 4 is 18.0 Å². The Morgan fingerprint density at radius 2 is 2.10 bits per heavy atom. The van der Waals surface area contributed by atoms with Gasteiger partial charge in [-0.2, -0.15) is 0 Å². The Kier molecular flexibility index (Phi) is 6.43. The van der Waals surface area contributed by atoms with Gasteiger partial charge in [-0.15, -0.1) is 0 Å². The fraction of sp³-hybridized carbons (Fsp3) is 0.400. The van der Waals surface area contributed by atoms with Crippen LogP contribution < -0.4 is 4.74 Å². The molecule has 0 N–H and O–H groups in total. The fourth-order valence-corrected chi connectivity index (χ4v) is 1.65. The van der Waals surface area contributed by atoms with E-state index in [4.69, 9.17) is 9.47 Å². The molecule has 5 nitrogen and oxygen atoms in total. The number of unbranched alkanes of at least 4 members (excludes halogenated alkanes) is 1. The maximum absolute atomic E-state index is 11.6. The molecule has 0 atom stereocenters. The first-order valence-corrected chi connectivity index (χ1v) is 6.43. The molecule has 0 aliphatic heterocycles. The average molecular weight is 276 g/mol. The summed E-state index contributed by atoms with van der Waals surface area (Å²) in [5, 5.41) is 0. The zero-order chi connectivity index (χ0) is 15.0. The van der Waals surface area contributed by atoms with Crippen molar-refractivity contribution in [2.75, 3.05) is 21.3 Å². The van der Waals surface area contributed by atoms with E-state index in [9.17, 15) is 4.79 Å². The maximum atomic E-state index is 11.6. The van der Waals surface area contributed by atoms with Gasteiger partial charge in [-0.3, -0.25) is 4.99 Å². The van der Waals surface area contributed by atoms with Crippen LogP contribution >= 0.6 is 0 Å². The maximum Gasteiger partial charge on any atom is 0.341 e. The van der Waals surface area contributed by atoms with E-state index < -0.39 is 5.97 Å². The Bertz CT molecular complexity index is 522. The van der Waals surface area contributed by atoms with Crippen molar-refractivity contribution in [1.29, 1.82) is 0 Å². The van der Waals surface area contributed by atoms with Crippen LogP contribution in [0, 0.1) is 0 Å². The van der Waals surface area contributed by atoms with E-state index in [2.05, 4.69) is 16.9 Å². The van der Waals surface area contributed by atoms with Crippen LogP contribution in [0.5, 0.6) is 5.75 Å². The van der Waals surface area contributed by atoms with E-state index in [1.807, 2.05) is 6.21 Å². The minimum absolute atomic E-state index is 0.381. The second-order valence-electron chi connectivity index (χ2n) is 4.05. The predicted octanol–water partition coefficient (Wildman–Crippen LogP) is 2.73. The van der Waals surface area contributed by atoms with Crippen molar-refractivity contribution in [1.82, 2.24) is 0 Å². The van der Waals surface area contributed by atoms with Gasteiger partial charge >= 0.3 is 5.97 Å². The second kappa shape index (κ2) is 8.09. The molecule has 1 rings (SSSR count). The van der Waals surface area contributed by atoms with Crippen LogP contribution in [0.3, 0.4) is 0 Å². The number of methoxy groups -OCH3 is 2. The number of nitrogens with zero attached hydrogens (tertiary/aromatic N) is 2. The van der Waals surface area contributed by atoms with Gasteiger partial charge in [-0.1, -0.05) is 19.4 Å². The number of hydrogen-bond donors (Lipinski definition) is 0. The second-order valence-corrected chi connectivity index (χ2v) is 4.05. The molecular formula is C15H20N2O3. The summed E-state index contributed by atoms with van der Waals surface area (Å²) in [5.74, 6) is 0.618. The van der Waals surface area contributed by atoms with Crippen LogP contribution in [0.4, 0.5) is 0 Å². The largest absolute Gasteiger partial charge is 0.496 e. The molecule has 0 aliphatic carbocycles. The standard InChI is InChI=1S/C15H20N2O3/c1-5-6-9-17-14(16-2)11-7-8-12(15(18)20-4)13(10-11)19-3/h7-10H,5-6H2,1-4H3/b16-14-,17-9-. The van der Waals surface area contributed by atoms with Crippen molar-refractivity contribution in [3.8, 4) is 5.75 Å². The zero-order valence-corrected chi connectivity index (χ0v) is 12.3. The van der Waals surface area contributed by atoms with E-state index in [1.165, 1.54) is 14.2 Å². The van der Waals surface area contributed by atoms with Gasteiger partial charge in [0.05, 0.1) is 14.2 Å². The van der Waals surface area contributed by atoms with Crippen molar-refractivity contribution in [3.05, 3.63) is 29.3 Å². The number of rotatable bonds is 5. The minimum Gasteiger partial charge on any atom is -0.496 e. The molecule has 0 aliphatic rings. The van der Waals surface area contributed by atoms with Crippen LogP contribution in [0.25, 0.3) is 0 Å². The molecule has 0 radical (unpaired) electrons. The third kappa shape index (κ3) is 3.91. The smallest absolute Gasteiger partial charge is 0.341 e. The summed E-state index contributed by atoms with van der Waals surface area (Å²) in [5.41, 5.74) is 1.18. The third-order valence-electron chi connectivity index (χ3n) is 2.71. The zero-order valence-electron chi connectivity index (χ0n) is 12.3. The van der Waals surface area contributed by atoms with Gasteiger partial charge in [0.25, 0.3) is 0 Å². The summed E-state index contributed by atoms with van der Waals surface area (Å²) in [6.45, 7) is 2.09. The fourth-order valence-electron chi connectivity index (χ4n) is 1.65. The van der Waals surface area contributed by atoms with E-state index >= 15 is 0 Å². The van der Waals surface area contributed by atoms with Gasteiger partial charge in [0.1, 0.15) is 11.3 Å². The van der Waals surface area contributed by atoms with E-state index in [0.717, 1.165) is 18.4 Å². The quantitative estimate of drug-likeness (QED) is 0.472. The molecule has 1 aromatic rings. The van der Waals surface area contributed by atoms with Crippen LogP contribution in [0.15, 0.2) is 28.2 Å². The molecule has 0 saturated heterocycles. The summed E-state index contributed by atoms with van der Waals surface area (Å²) < 4.78 is 9.93. The number of esters is 1. The number of ether oxygens (including phenoxy) is 2. The first kappa shape index (κ1) is 15.9. The highest BCUT2D eigenvalue weighted by Crippen LogP contribution is 2.21. The van der Waals surface area contributed by atoms with E-state index in [1.54, 1.807) is 25.2 Å². The van der Waals surface area contributed by atoms with Crippen molar-refractivity contribution in [2.24, 2.45) is 9.98 Å². The molecule has 108 valence electrons. The molecule has 0 spiro atoms. The van der Waals surface area contributed by atoms with Gasteiger partial charge < -0.3 is 9.47 Å². The number of hydrogen-bond acceptors (Lipinski definition) is 4. The molecule has 0 aromatic heterocycles. The topological polar surface area (TPSA) is 60.2 Å². The normalized spacial score (nSPS) is 11.7. The Morgan fingerprint density at radius 3 is 2.65 bits per heavy atom. The molecule has 1 aromatic carbocycles. The van der Waals surface area contributed by atoms with Crippen LogP contribution in [0.1, 0.15) is 35.7 Å². The predicted molar refractivity (Wildman–Crippen MR) is 80.2 cm³/mol. The lowest BCUT2D eigenvalue weighted by Crippen LogP contribution is -2.06. The lowest BCUT2D eigenvalue weighted by Gasteiger charge is -2.09. The summed E-state index contributed by atoms with van der Waals surface area (Å²) in [6.07, 6.45) is 3.77. The highest BCUT2D eigenvalue weighted by molar-refractivity contribution is 6.04. The summed E-state index contributed by atoms with van der Waals surface area (Å²) >= 11 is 0. The number of benzene rings is 1. The molecular weight excluding hydrogens is 256 g/mol. The van der Waals surface area contributed by atoms with E-state index in [0.29, 0.717) is 17.1 Å². The molecule has 0 saturated carbocycles. The van der Waals surface area contributed by atoms with Gasteiger partial charge in [0.15, 0.2) is 5.84 Å². The van der Waals surface area contributed by atoms with Gasteiger partial charge in [-0.25, -0.2) is 9.79 Å². The Hall–Kier alpha value is -2.17. The van der Waals surface area contributed by atoms with Gasteiger partial charge in [0, 0.05) is 18.8 Å². The number of amidine groups is 1. The molecule has 5 heteroatoms. The van der Waals surface area contributed by atoms with Gasteiger partial charge in [-0.05, 0) is 18.6 Å². The van der Waals surface area contributed by atoms with Crippen LogP contribution in [0.2, 0.25) is 0 Å². The number of carbonyl (C=O) groups excluding carboxylic acids is 1. The SMILES string of the molecule is CCC/C=N\C(=N/C)c1ccc(C(=O)OC)c(OC)c1. The van der Waals surface area contributed by atoms with Crippen molar-refractivity contribution in [3.63, 3.8) is 0 Å². The van der Waals surface area contributed by atoms with Crippen molar-refractivity contribution < 1.29 is 14.3 Å². The first-order chi connectivity index (χ1) is 9.67. The minimum atomic E-state index is -0.433. The molecule has 0 unspecified atom stereocenters. The molecule has 20 heavy (non-hydrogen) atoms. The Labute approximate surface area is 119 Å². The molecule has 0 bridgehead atoms. The first-order valence-electron chi connectivity index (χ1n) is 6.43. The highest BCUT2D eigenvalue weighted by atomic mass is 16.5.